The molecular formula is C15H10F3NOS. The fourth-order valence-corrected chi connectivity index (χ4v) is 3.25. The van der Waals surface area contributed by atoms with Crippen LogP contribution < -0.4 is 5.32 Å². The monoisotopic (exact) mass is 309 g/mol. The minimum Gasteiger partial charge on any atom is -0.324 e. The van der Waals surface area contributed by atoms with E-state index in [0.29, 0.717) is 11.3 Å². The molecule has 2 aromatic carbocycles. The maximum absolute atomic E-state index is 12.8. The van der Waals surface area contributed by atoms with Crippen LogP contribution in [0.5, 0.6) is 0 Å². The first-order chi connectivity index (χ1) is 9.95. The van der Waals surface area contributed by atoms with Crippen molar-refractivity contribution in [3.63, 3.8) is 0 Å². The number of hydrogen-bond donors (Lipinski definition) is 1. The van der Waals surface area contributed by atoms with Gasteiger partial charge in [0.25, 0.3) is 0 Å². The van der Waals surface area contributed by atoms with Crippen LogP contribution in [0, 0.1) is 0 Å². The third kappa shape index (κ3) is 2.76. The summed E-state index contributed by atoms with van der Waals surface area (Å²) in [6.07, 6.45) is -4.41. The first-order valence-corrected chi connectivity index (χ1v) is 7.07. The summed E-state index contributed by atoms with van der Waals surface area (Å²) in [6, 6.07) is 12.1. The van der Waals surface area contributed by atoms with Crippen molar-refractivity contribution in [2.75, 3.05) is 5.32 Å². The van der Waals surface area contributed by atoms with Gasteiger partial charge in [-0.05, 0) is 23.8 Å². The van der Waals surface area contributed by atoms with E-state index in [1.807, 2.05) is 12.1 Å². The van der Waals surface area contributed by atoms with Crippen LogP contribution in [0.3, 0.4) is 0 Å². The first-order valence-electron chi connectivity index (χ1n) is 6.19. The van der Waals surface area contributed by atoms with E-state index in [1.165, 1.54) is 17.8 Å². The summed E-state index contributed by atoms with van der Waals surface area (Å²) in [5.74, 6) is -0.307. The second-order valence-electron chi connectivity index (χ2n) is 4.61. The second-order valence-corrected chi connectivity index (χ2v) is 5.75. The lowest BCUT2D eigenvalue weighted by Gasteiger charge is -2.24. The number of amides is 1. The van der Waals surface area contributed by atoms with Gasteiger partial charge in [0.05, 0.1) is 11.3 Å². The molecule has 0 saturated carbocycles. The van der Waals surface area contributed by atoms with Crippen LogP contribution in [-0.4, -0.2) is 5.91 Å². The van der Waals surface area contributed by atoms with Crippen molar-refractivity contribution in [3.05, 3.63) is 59.7 Å². The molecule has 6 heteroatoms. The highest BCUT2D eigenvalue weighted by Crippen LogP contribution is 2.44. The van der Waals surface area contributed by atoms with Gasteiger partial charge in [-0.3, -0.25) is 4.79 Å². The Morgan fingerprint density at radius 3 is 2.57 bits per heavy atom. The number of halogens is 3. The van der Waals surface area contributed by atoms with E-state index in [0.717, 1.165) is 17.0 Å². The van der Waals surface area contributed by atoms with Crippen LogP contribution >= 0.6 is 11.8 Å². The van der Waals surface area contributed by atoms with Gasteiger partial charge in [0.1, 0.15) is 5.25 Å². The summed E-state index contributed by atoms with van der Waals surface area (Å²) in [6.45, 7) is 0. The number of carbonyl (C=O) groups is 1. The van der Waals surface area contributed by atoms with Crippen molar-refractivity contribution >= 4 is 23.4 Å². The molecule has 1 aliphatic heterocycles. The van der Waals surface area contributed by atoms with E-state index in [2.05, 4.69) is 5.32 Å². The van der Waals surface area contributed by atoms with Gasteiger partial charge in [0.15, 0.2) is 0 Å². The molecule has 2 aromatic rings. The van der Waals surface area contributed by atoms with Crippen LogP contribution in [0.1, 0.15) is 16.4 Å². The Morgan fingerprint density at radius 2 is 1.81 bits per heavy atom. The third-order valence-corrected chi connectivity index (χ3v) is 4.48. The van der Waals surface area contributed by atoms with E-state index >= 15 is 0 Å². The minimum atomic E-state index is -4.41. The Hall–Kier alpha value is -1.95. The number of hydrogen-bond acceptors (Lipinski definition) is 2. The molecule has 0 fully saturated rings. The standard InChI is InChI=1S/C15H10F3NOS/c16-15(17,18)10-5-3-4-9(8-10)13-14(20)19-11-6-1-2-7-12(11)21-13/h1-8,13H,(H,19,20). The van der Waals surface area contributed by atoms with Crippen molar-refractivity contribution in [3.8, 4) is 0 Å². The first kappa shape index (κ1) is 14.0. The number of benzene rings is 2. The topological polar surface area (TPSA) is 29.1 Å². The van der Waals surface area contributed by atoms with Gasteiger partial charge in [-0.15, -0.1) is 11.8 Å². The van der Waals surface area contributed by atoms with E-state index in [9.17, 15) is 18.0 Å². The number of carbonyl (C=O) groups excluding carboxylic acids is 1. The Kier molecular flexibility index (Phi) is 3.41. The number of anilines is 1. The third-order valence-electron chi connectivity index (χ3n) is 3.14. The molecule has 0 saturated heterocycles. The summed E-state index contributed by atoms with van der Waals surface area (Å²) in [5, 5.41) is 2.05. The Bertz CT molecular complexity index is 699. The number of thioether (sulfide) groups is 1. The van der Waals surface area contributed by atoms with E-state index in [4.69, 9.17) is 0 Å². The molecule has 3 rings (SSSR count). The minimum absolute atomic E-state index is 0.307. The molecule has 1 atom stereocenters. The molecule has 0 aliphatic carbocycles. The highest BCUT2D eigenvalue weighted by atomic mass is 32.2. The fourth-order valence-electron chi connectivity index (χ4n) is 2.15. The smallest absolute Gasteiger partial charge is 0.324 e. The Morgan fingerprint density at radius 1 is 1.05 bits per heavy atom. The normalized spacial score (nSPS) is 18.0. The zero-order chi connectivity index (χ0) is 15.0. The van der Waals surface area contributed by atoms with Crippen molar-refractivity contribution in [1.29, 1.82) is 0 Å². The average molecular weight is 309 g/mol. The van der Waals surface area contributed by atoms with Crippen molar-refractivity contribution in [1.82, 2.24) is 0 Å². The summed E-state index contributed by atoms with van der Waals surface area (Å²) in [4.78, 5) is 13.0. The van der Waals surface area contributed by atoms with Gasteiger partial charge < -0.3 is 5.32 Å². The van der Waals surface area contributed by atoms with Crippen LogP contribution in [0.15, 0.2) is 53.4 Å². The van der Waals surface area contributed by atoms with Gasteiger partial charge in [-0.1, -0.05) is 30.3 Å². The molecule has 0 aromatic heterocycles. The van der Waals surface area contributed by atoms with Crippen molar-refractivity contribution in [2.24, 2.45) is 0 Å². The molecule has 2 nitrogen and oxygen atoms in total. The quantitative estimate of drug-likeness (QED) is 0.841. The molecule has 1 unspecified atom stereocenters. The number of para-hydroxylation sites is 1. The summed E-state index contributed by atoms with van der Waals surface area (Å²) in [5.41, 5.74) is 0.296. The number of nitrogens with one attached hydrogen (secondary N) is 1. The largest absolute Gasteiger partial charge is 0.416 e. The molecule has 0 radical (unpaired) electrons. The zero-order valence-electron chi connectivity index (χ0n) is 10.6. The summed E-state index contributed by atoms with van der Waals surface area (Å²) in [7, 11) is 0. The van der Waals surface area contributed by atoms with Crippen LogP contribution in [0.4, 0.5) is 18.9 Å². The van der Waals surface area contributed by atoms with E-state index in [1.54, 1.807) is 18.2 Å². The van der Waals surface area contributed by atoms with Gasteiger partial charge in [-0.25, -0.2) is 0 Å². The highest BCUT2D eigenvalue weighted by Gasteiger charge is 2.33. The molecule has 1 aliphatic rings. The van der Waals surface area contributed by atoms with E-state index in [-0.39, 0.29) is 5.91 Å². The Labute approximate surface area is 123 Å². The Balaban J connectivity index is 1.96. The van der Waals surface area contributed by atoms with Crippen LogP contribution in [-0.2, 0) is 11.0 Å². The lowest BCUT2D eigenvalue weighted by Crippen LogP contribution is -2.23. The van der Waals surface area contributed by atoms with Crippen LogP contribution in [0.25, 0.3) is 0 Å². The summed E-state index contributed by atoms with van der Waals surface area (Å²) >= 11 is 1.26. The van der Waals surface area contributed by atoms with Crippen molar-refractivity contribution < 1.29 is 18.0 Å². The van der Waals surface area contributed by atoms with Gasteiger partial charge in [0.2, 0.25) is 5.91 Å². The molecule has 108 valence electrons. The predicted octanol–water partition coefficient (Wildman–Crippen LogP) is 4.49. The van der Waals surface area contributed by atoms with Crippen LogP contribution in [0.2, 0.25) is 0 Å². The average Bonchev–Trinajstić information content (AvgIpc) is 2.46. The molecule has 1 heterocycles. The highest BCUT2D eigenvalue weighted by molar-refractivity contribution is 8.00. The number of rotatable bonds is 1. The summed E-state index contributed by atoms with van der Waals surface area (Å²) < 4.78 is 38.3. The SMILES string of the molecule is O=C1Nc2ccccc2SC1c1cccc(C(F)(F)F)c1. The maximum Gasteiger partial charge on any atom is 0.416 e. The lowest BCUT2D eigenvalue weighted by atomic mass is 10.1. The van der Waals surface area contributed by atoms with Crippen molar-refractivity contribution in [2.45, 2.75) is 16.3 Å². The molecule has 1 amide bonds. The lowest BCUT2D eigenvalue weighted by molar-refractivity contribution is -0.137. The predicted molar refractivity (Wildman–Crippen MR) is 75.1 cm³/mol. The zero-order valence-corrected chi connectivity index (χ0v) is 11.5. The molecule has 0 bridgehead atoms. The molecule has 21 heavy (non-hydrogen) atoms. The number of alkyl halides is 3. The maximum atomic E-state index is 12.8. The van der Waals surface area contributed by atoms with Gasteiger partial charge in [0, 0.05) is 4.90 Å². The molecule has 1 N–H and O–H groups in total. The molecule has 0 spiro atoms. The number of fused-ring (bicyclic) bond motifs is 1. The fraction of sp³-hybridized carbons (Fsp3) is 0.133. The van der Waals surface area contributed by atoms with Gasteiger partial charge >= 0.3 is 6.18 Å². The molecular weight excluding hydrogens is 299 g/mol. The van der Waals surface area contributed by atoms with E-state index < -0.39 is 17.0 Å². The second kappa shape index (κ2) is 5.11. The van der Waals surface area contributed by atoms with Gasteiger partial charge in [-0.2, -0.15) is 13.2 Å².